The number of aliphatic hydroxyl groups is 1. The van der Waals surface area contributed by atoms with Crippen LogP contribution in [0.2, 0.25) is 0 Å². The van der Waals surface area contributed by atoms with Gasteiger partial charge in [0.1, 0.15) is 0 Å². The molecular weight excluding hydrogens is 144 g/mol. The van der Waals surface area contributed by atoms with E-state index in [-0.39, 0.29) is 6.61 Å². The molecule has 1 aliphatic rings. The molecule has 0 unspecified atom stereocenters. The Kier molecular flexibility index (Phi) is 3.32. The number of aliphatic hydroxyl groups excluding tert-OH is 1. The van der Waals surface area contributed by atoms with Crippen molar-refractivity contribution in [2.75, 3.05) is 32.9 Å². The summed E-state index contributed by atoms with van der Waals surface area (Å²) >= 11 is 0. The summed E-state index contributed by atoms with van der Waals surface area (Å²) in [5, 5.41) is 16.1. The van der Waals surface area contributed by atoms with E-state index < -0.39 is 0 Å². The van der Waals surface area contributed by atoms with Crippen molar-refractivity contribution in [3.8, 4) is 0 Å². The van der Waals surface area contributed by atoms with Gasteiger partial charge in [0.05, 0.1) is 25.7 Å². The van der Waals surface area contributed by atoms with Gasteiger partial charge < -0.3 is 14.7 Å². The SMILES string of the molecule is N=C(CCO)N1CCOCC1. The Labute approximate surface area is 66.3 Å². The number of hydrogen-bond acceptors (Lipinski definition) is 3. The fraction of sp³-hybridized carbons (Fsp3) is 0.857. The second-order valence-corrected chi connectivity index (χ2v) is 2.52. The highest BCUT2D eigenvalue weighted by molar-refractivity contribution is 5.79. The lowest BCUT2D eigenvalue weighted by Gasteiger charge is -2.28. The third-order valence-corrected chi connectivity index (χ3v) is 1.74. The average molecular weight is 158 g/mol. The number of morpholine rings is 1. The van der Waals surface area contributed by atoms with Crippen LogP contribution < -0.4 is 0 Å². The molecule has 0 aromatic carbocycles. The van der Waals surface area contributed by atoms with Crippen molar-refractivity contribution < 1.29 is 9.84 Å². The minimum atomic E-state index is 0.0657. The molecule has 1 heterocycles. The zero-order valence-electron chi connectivity index (χ0n) is 6.55. The summed E-state index contributed by atoms with van der Waals surface area (Å²) < 4.78 is 5.13. The lowest BCUT2D eigenvalue weighted by atomic mass is 10.3. The number of ether oxygens (including phenoxy) is 1. The molecule has 0 spiro atoms. The highest BCUT2D eigenvalue weighted by Crippen LogP contribution is 1.99. The van der Waals surface area contributed by atoms with Gasteiger partial charge in [-0.2, -0.15) is 0 Å². The van der Waals surface area contributed by atoms with Crippen LogP contribution in [0.25, 0.3) is 0 Å². The highest BCUT2D eigenvalue weighted by atomic mass is 16.5. The van der Waals surface area contributed by atoms with E-state index in [1.807, 2.05) is 4.90 Å². The molecule has 1 rings (SSSR count). The van der Waals surface area contributed by atoms with E-state index in [2.05, 4.69) is 0 Å². The zero-order chi connectivity index (χ0) is 8.10. The molecule has 0 amide bonds. The van der Waals surface area contributed by atoms with Gasteiger partial charge >= 0.3 is 0 Å². The predicted molar refractivity (Wildman–Crippen MR) is 41.8 cm³/mol. The number of amidine groups is 1. The Bertz CT molecular complexity index is 132. The largest absolute Gasteiger partial charge is 0.396 e. The molecule has 4 nitrogen and oxygen atoms in total. The summed E-state index contributed by atoms with van der Waals surface area (Å²) in [4.78, 5) is 1.94. The van der Waals surface area contributed by atoms with Gasteiger partial charge in [0, 0.05) is 19.5 Å². The topological polar surface area (TPSA) is 56.5 Å². The molecule has 0 atom stereocenters. The third kappa shape index (κ3) is 2.48. The van der Waals surface area contributed by atoms with Gasteiger partial charge in [-0.05, 0) is 0 Å². The summed E-state index contributed by atoms with van der Waals surface area (Å²) in [6, 6.07) is 0. The fourth-order valence-electron chi connectivity index (χ4n) is 1.10. The Hall–Kier alpha value is -0.610. The van der Waals surface area contributed by atoms with Crippen LogP contribution in [0.1, 0.15) is 6.42 Å². The monoisotopic (exact) mass is 158 g/mol. The van der Waals surface area contributed by atoms with Crippen molar-refractivity contribution in [2.24, 2.45) is 0 Å². The van der Waals surface area contributed by atoms with E-state index in [0.717, 1.165) is 13.1 Å². The maximum atomic E-state index is 8.57. The number of nitrogens with zero attached hydrogens (tertiary/aromatic N) is 1. The smallest absolute Gasteiger partial charge is 0.0982 e. The first kappa shape index (κ1) is 8.49. The molecule has 0 aliphatic carbocycles. The highest BCUT2D eigenvalue weighted by Gasteiger charge is 2.12. The Morgan fingerprint density at radius 2 is 2.09 bits per heavy atom. The van der Waals surface area contributed by atoms with Crippen LogP contribution in [-0.4, -0.2) is 48.8 Å². The maximum absolute atomic E-state index is 8.57. The van der Waals surface area contributed by atoms with Crippen LogP contribution in [0.5, 0.6) is 0 Å². The molecule has 0 aromatic rings. The van der Waals surface area contributed by atoms with E-state index in [9.17, 15) is 0 Å². The Balaban J connectivity index is 2.27. The first-order valence-corrected chi connectivity index (χ1v) is 3.85. The van der Waals surface area contributed by atoms with Crippen LogP contribution >= 0.6 is 0 Å². The molecule has 11 heavy (non-hydrogen) atoms. The van der Waals surface area contributed by atoms with E-state index in [1.165, 1.54) is 0 Å². The van der Waals surface area contributed by atoms with Crippen LogP contribution in [0, 0.1) is 5.41 Å². The van der Waals surface area contributed by atoms with E-state index in [0.29, 0.717) is 25.5 Å². The predicted octanol–water partition coefficient (Wildman–Crippen LogP) is -0.322. The molecule has 0 aromatic heterocycles. The van der Waals surface area contributed by atoms with Crippen molar-refractivity contribution >= 4 is 5.84 Å². The molecule has 0 bridgehead atoms. The summed E-state index contributed by atoms with van der Waals surface area (Å²) in [7, 11) is 0. The normalized spacial score (nSPS) is 18.5. The lowest BCUT2D eigenvalue weighted by Crippen LogP contribution is -2.40. The molecular formula is C7H14N2O2. The van der Waals surface area contributed by atoms with Gasteiger partial charge in [-0.25, -0.2) is 0 Å². The van der Waals surface area contributed by atoms with Crippen LogP contribution in [0.4, 0.5) is 0 Å². The molecule has 4 heteroatoms. The fourth-order valence-corrected chi connectivity index (χ4v) is 1.10. The van der Waals surface area contributed by atoms with Crippen LogP contribution in [0.15, 0.2) is 0 Å². The third-order valence-electron chi connectivity index (χ3n) is 1.74. The number of hydrogen-bond donors (Lipinski definition) is 2. The number of nitrogens with one attached hydrogen (secondary N) is 1. The summed E-state index contributed by atoms with van der Waals surface area (Å²) in [5.74, 6) is 0.524. The van der Waals surface area contributed by atoms with E-state index in [1.54, 1.807) is 0 Å². The number of rotatable bonds is 2. The quantitative estimate of drug-likeness (QED) is 0.427. The Morgan fingerprint density at radius 3 is 2.64 bits per heavy atom. The second kappa shape index (κ2) is 4.31. The van der Waals surface area contributed by atoms with E-state index in [4.69, 9.17) is 15.3 Å². The van der Waals surface area contributed by atoms with Gasteiger partial charge in [0.15, 0.2) is 0 Å². The molecule has 0 saturated carbocycles. The maximum Gasteiger partial charge on any atom is 0.0982 e. The van der Waals surface area contributed by atoms with Gasteiger partial charge in [-0.3, -0.25) is 5.41 Å². The van der Waals surface area contributed by atoms with Crippen molar-refractivity contribution in [1.29, 1.82) is 5.41 Å². The minimum Gasteiger partial charge on any atom is -0.396 e. The molecule has 64 valence electrons. The standard InChI is InChI=1S/C7H14N2O2/c8-7(1-4-10)9-2-5-11-6-3-9/h8,10H,1-6H2. The molecule has 0 radical (unpaired) electrons. The van der Waals surface area contributed by atoms with Crippen molar-refractivity contribution in [3.63, 3.8) is 0 Å². The minimum absolute atomic E-state index is 0.0657. The average Bonchev–Trinajstić information content (AvgIpc) is 2.07. The van der Waals surface area contributed by atoms with Gasteiger partial charge in [-0.15, -0.1) is 0 Å². The van der Waals surface area contributed by atoms with Crippen molar-refractivity contribution in [2.45, 2.75) is 6.42 Å². The van der Waals surface area contributed by atoms with Gasteiger partial charge in [-0.1, -0.05) is 0 Å². The van der Waals surface area contributed by atoms with Crippen molar-refractivity contribution in [3.05, 3.63) is 0 Å². The first-order chi connectivity index (χ1) is 5.34. The zero-order valence-corrected chi connectivity index (χ0v) is 6.55. The van der Waals surface area contributed by atoms with Gasteiger partial charge in [0.2, 0.25) is 0 Å². The molecule has 1 aliphatic heterocycles. The van der Waals surface area contributed by atoms with Crippen LogP contribution in [-0.2, 0) is 4.74 Å². The summed E-state index contributed by atoms with van der Waals surface area (Å²) in [5.41, 5.74) is 0. The molecule has 1 saturated heterocycles. The molecule has 1 fully saturated rings. The molecule has 2 N–H and O–H groups in total. The van der Waals surface area contributed by atoms with Crippen molar-refractivity contribution in [1.82, 2.24) is 4.90 Å². The second-order valence-electron chi connectivity index (χ2n) is 2.52. The Morgan fingerprint density at radius 1 is 1.45 bits per heavy atom. The van der Waals surface area contributed by atoms with Crippen LogP contribution in [0.3, 0.4) is 0 Å². The van der Waals surface area contributed by atoms with E-state index >= 15 is 0 Å². The summed E-state index contributed by atoms with van der Waals surface area (Å²) in [6.45, 7) is 3.05. The lowest BCUT2D eigenvalue weighted by molar-refractivity contribution is 0.0663. The summed E-state index contributed by atoms with van der Waals surface area (Å²) in [6.07, 6.45) is 0.458. The van der Waals surface area contributed by atoms with Gasteiger partial charge in [0.25, 0.3) is 0 Å². The first-order valence-electron chi connectivity index (χ1n) is 3.85.